The Morgan fingerprint density at radius 3 is 2.52 bits per heavy atom. The predicted molar refractivity (Wildman–Crippen MR) is 91.4 cm³/mol. The predicted octanol–water partition coefficient (Wildman–Crippen LogP) is 2.23. The number of benzene rings is 1. The Morgan fingerprint density at radius 1 is 1.26 bits per heavy atom. The number of aromatic nitrogens is 2. The number of thioether (sulfide) groups is 1. The maximum Gasteiger partial charge on any atom is 0.416 e. The number of halogens is 3. The number of ether oxygens (including phenoxy) is 1. The van der Waals surface area contributed by atoms with Crippen molar-refractivity contribution in [3.63, 3.8) is 0 Å². The monoisotopic (exact) mass is 401 g/mol. The van der Waals surface area contributed by atoms with E-state index in [2.05, 4.69) is 20.0 Å². The zero-order valence-corrected chi connectivity index (χ0v) is 14.7. The number of carbonyl (C=O) groups is 2. The maximum absolute atomic E-state index is 12.5. The molecule has 1 aromatic heterocycles. The molecule has 0 radical (unpaired) electrons. The summed E-state index contributed by atoms with van der Waals surface area (Å²) in [5.41, 5.74) is -0.917. The van der Waals surface area contributed by atoms with Crippen molar-refractivity contribution in [2.45, 2.75) is 17.8 Å². The van der Waals surface area contributed by atoms with Crippen molar-refractivity contribution in [3.8, 4) is 0 Å². The zero-order chi connectivity index (χ0) is 20.0. The molecule has 1 amide bonds. The van der Waals surface area contributed by atoms with Crippen LogP contribution in [-0.4, -0.2) is 34.7 Å². The van der Waals surface area contributed by atoms with Gasteiger partial charge < -0.3 is 15.0 Å². The quantitative estimate of drug-likeness (QED) is 0.437. The van der Waals surface area contributed by atoms with E-state index in [1.165, 1.54) is 7.11 Å². The van der Waals surface area contributed by atoms with Crippen LogP contribution in [-0.2, 0) is 26.9 Å². The van der Waals surface area contributed by atoms with Crippen LogP contribution in [0, 0.1) is 0 Å². The first kappa shape index (κ1) is 20.5. The van der Waals surface area contributed by atoms with Crippen molar-refractivity contribution in [1.29, 1.82) is 0 Å². The number of nitrogens with one attached hydrogen (secondary N) is 2. The topological polar surface area (TPSA) is 101 Å². The Morgan fingerprint density at radius 2 is 1.93 bits per heavy atom. The molecule has 2 aromatic rings. The number of hydrogen-bond acceptors (Lipinski definition) is 6. The Hall–Kier alpha value is -2.82. The molecule has 0 spiro atoms. The van der Waals surface area contributed by atoms with Gasteiger partial charge in [-0.3, -0.25) is 14.4 Å². The van der Waals surface area contributed by atoms with Gasteiger partial charge in [-0.05, 0) is 24.3 Å². The van der Waals surface area contributed by atoms with E-state index >= 15 is 0 Å². The number of hydrogen-bond donors (Lipinski definition) is 2. The van der Waals surface area contributed by atoms with E-state index in [1.54, 1.807) is 0 Å². The summed E-state index contributed by atoms with van der Waals surface area (Å²) in [5, 5.41) is 2.57. The van der Waals surface area contributed by atoms with E-state index in [0.29, 0.717) is 0 Å². The molecular weight excluding hydrogens is 387 g/mol. The van der Waals surface area contributed by atoms with Gasteiger partial charge >= 0.3 is 12.1 Å². The van der Waals surface area contributed by atoms with Crippen molar-refractivity contribution >= 4 is 29.3 Å². The number of amides is 1. The minimum atomic E-state index is -4.45. The Balaban J connectivity index is 1.95. The molecule has 0 aliphatic carbocycles. The number of alkyl halides is 3. The molecule has 144 valence electrons. The highest BCUT2D eigenvalue weighted by Crippen LogP contribution is 2.29. The van der Waals surface area contributed by atoms with Gasteiger partial charge in [0.25, 0.3) is 5.56 Å². The molecule has 0 saturated heterocycles. The van der Waals surface area contributed by atoms with Crippen molar-refractivity contribution < 1.29 is 27.5 Å². The summed E-state index contributed by atoms with van der Waals surface area (Å²) < 4.78 is 42.0. The largest absolute Gasteiger partial charge is 0.469 e. The van der Waals surface area contributed by atoms with E-state index in [-0.39, 0.29) is 28.7 Å². The van der Waals surface area contributed by atoms with Crippen molar-refractivity contribution in [1.82, 2.24) is 9.97 Å². The lowest BCUT2D eigenvalue weighted by atomic mass is 10.2. The van der Waals surface area contributed by atoms with Gasteiger partial charge in [-0.15, -0.1) is 0 Å². The van der Waals surface area contributed by atoms with Crippen LogP contribution < -0.4 is 10.9 Å². The lowest BCUT2D eigenvalue weighted by Crippen LogP contribution is -2.17. The van der Waals surface area contributed by atoms with Gasteiger partial charge in [-0.25, -0.2) is 4.98 Å². The van der Waals surface area contributed by atoms with Gasteiger partial charge in [0.1, 0.15) is 0 Å². The second-order valence-corrected chi connectivity index (χ2v) is 6.17. The average molecular weight is 401 g/mol. The summed E-state index contributed by atoms with van der Waals surface area (Å²) in [4.78, 5) is 41.2. The second kappa shape index (κ2) is 8.71. The first-order chi connectivity index (χ1) is 12.7. The van der Waals surface area contributed by atoms with E-state index in [1.807, 2.05) is 0 Å². The fraction of sp³-hybridized carbons (Fsp3) is 0.250. The number of carbonyl (C=O) groups excluding carboxylic acids is 2. The van der Waals surface area contributed by atoms with Crippen LogP contribution in [0.5, 0.6) is 0 Å². The number of H-pyrrole nitrogens is 1. The molecule has 1 heterocycles. The van der Waals surface area contributed by atoms with Crippen LogP contribution in [0.25, 0.3) is 0 Å². The third kappa shape index (κ3) is 6.44. The molecule has 27 heavy (non-hydrogen) atoms. The highest BCUT2D eigenvalue weighted by atomic mass is 32.2. The molecule has 0 atom stereocenters. The Labute approximate surface area is 155 Å². The summed E-state index contributed by atoms with van der Waals surface area (Å²) in [6, 6.07) is 5.14. The SMILES string of the molecule is COC(=O)Cc1cc(=O)[nH]c(SCC(=O)Nc2ccc(C(F)(F)F)cc2)n1. The maximum atomic E-state index is 12.5. The van der Waals surface area contributed by atoms with E-state index in [0.717, 1.165) is 42.1 Å². The van der Waals surface area contributed by atoms with Crippen LogP contribution in [0.3, 0.4) is 0 Å². The molecule has 2 rings (SSSR count). The Kier molecular flexibility index (Phi) is 6.61. The number of esters is 1. The molecule has 11 heteroatoms. The van der Waals surface area contributed by atoms with Gasteiger partial charge in [0, 0.05) is 11.8 Å². The lowest BCUT2D eigenvalue weighted by molar-refractivity contribution is -0.140. The normalized spacial score (nSPS) is 11.1. The number of aromatic amines is 1. The van der Waals surface area contributed by atoms with Crippen molar-refractivity contribution in [2.24, 2.45) is 0 Å². The van der Waals surface area contributed by atoms with Crippen LogP contribution in [0.15, 0.2) is 40.3 Å². The van der Waals surface area contributed by atoms with Crippen LogP contribution >= 0.6 is 11.8 Å². The molecule has 0 unspecified atom stereocenters. The Bertz CT molecular complexity index is 882. The highest BCUT2D eigenvalue weighted by molar-refractivity contribution is 7.99. The van der Waals surface area contributed by atoms with Gasteiger partial charge in [0.05, 0.1) is 30.5 Å². The smallest absolute Gasteiger partial charge is 0.416 e. The fourth-order valence-corrected chi connectivity index (χ4v) is 2.63. The van der Waals surface area contributed by atoms with Gasteiger partial charge in [-0.1, -0.05) is 11.8 Å². The number of nitrogens with zero attached hydrogens (tertiary/aromatic N) is 1. The molecule has 0 saturated carbocycles. The number of methoxy groups -OCH3 is 1. The standard InChI is InChI=1S/C16H14F3N3O4S/c1-26-14(25)7-11-6-12(23)22-15(21-11)27-8-13(24)20-10-4-2-9(3-5-10)16(17,18)19/h2-6H,7-8H2,1H3,(H,20,24)(H,21,22,23). The molecule has 0 aliphatic heterocycles. The molecule has 2 N–H and O–H groups in total. The second-order valence-electron chi connectivity index (χ2n) is 5.21. The molecule has 0 fully saturated rings. The van der Waals surface area contributed by atoms with Gasteiger partial charge in [0.15, 0.2) is 5.16 Å². The minimum absolute atomic E-state index is 0.129. The third-order valence-corrected chi connectivity index (χ3v) is 4.04. The lowest BCUT2D eigenvalue weighted by Gasteiger charge is -2.09. The van der Waals surface area contributed by atoms with Crippen LogP contribution in [0.1, 0.15) is 11.3 Å². The minimum Gasteiger partial charge on any atom is -0.469 e. The van der Waals surface area contributed by atoms with Crippen LogP contribution in [0.4, 0.5) is 18.9 Å². The summed E-state index contributed by atoms with van der Waals surface area (Å²) >= 11 is 0.907. The van der Waals surface area contributed by atoms with Crippen LogP contribution in [0.2, 0.25) is 0 Å². The van der Waals surface area contributed by atoms with E-state index < -0.39 is 29.2 Å². The van der Waals surface area contributed by atoms with Crippen molar-refractivity contribution in [3.05, 3.63) is 51.9 Å². The highest BCUT2D eigenvalue weighted by Gasteiger charge is 2.29. The van der Waals surface area contributed by atoms with E-state index in [4.69, 9.17) is 0 Å². The number of rotatable bonds is 6. The van der Waals surface area contributed by atoms with Crippen molar-refractivity contribution in [2.75, 3.05) is 18.2 Å². The van der Waals surface area contributed by atoms with E-state index in [9.17, 15) is 27.6 Å². The first-order valence-electron chi connectivity index (χ1n) is 7.44. The summed E-state index contributed by atoms with van der Waals surface area (Å²) in [6.45, 7) is 0. The van der Waals surface area contributed by atoms with Gasteiger partial charge in [0.2, 0.25) is 5.91 Å². The zero-order valence-electron chi connectivity index (χ0n) is 13.9. The number of anilines is 1. The average Bonchev–Trinajstić information content (AvgIpc) is 2.59. The summed E-state index contributed by atoms with van der Waals surface area (Å²) in [5.74, 6) is -1.21. The third-order valence-electron chi connectivity index (χ3n) is 3.16. The summed E-state index contributed by atoms with van der Waals surface area (Å²) in [6.07, 6.45) is -4.64. The molecule has 0 bridgehead atoms. The van der Waals surface area contributed by atoms with Gasteiger partial charge in [-0.2, -0.15) is 13.2 Å². The molecular formula is C16H14F3N3O4S. The molecule has 7 nitrogen and oxygen atoms in total. The first-order valence-corrected chi connectivity index (χ1v) is 8.43. The summed E-state index contributed by atoms with van der Waals surface area (Å²) in [7, 11) is 1.21. The molecule has 0 aliphatic rings. The fourth-order valence-electron chi connectivity index (χ4n) is 1.94. The molecule has 1 aromatic carbocycles.